The summed E-state index contributed by atoms with van der Waals surface area (Å²) in [6.45, 7) is 6.81. The molecule has 0 unspecified atom stereocenters. The Hall–Kier alpha value is -1.24. The third kappa shape index (κ3) is 1.74. The van der Waals surface area contributed by atoms with Crippen LogP contribution in [0.3, 0.4) is 0 Å². The summed E-state index contributed by atoms with van der Waals surface area (Å²) in [4.78, 5) is 0. The minimum atomic E-state index is 0.839. The molecule has 0 N–H and O–H groups in total. The Morgan fingerprint density at radius 1 is 1.54 bits per heavy atom. The van der Waals surface area contributed by atoms with Crippen LogP contribution in [0.2, 0.25) is 0 Å². The van der Waals surface area contributed by atoms with Crippen LogP contribution in [0.1, 0.15) is 18.1 Å². The maximum absolute atomic E-state index is 5.44. The lowest BCUT2D eigenvalue weighted by molar-refractivity contribution is 0.357. The van der Waals surface area contributed by atoms with Gasteiger partial charge in [-0.3, -0.25) is 0 Å². The van der Waals surface area contributed by atoms with Gasteiger partial charge in [0, 0.05) is 6.42 Å². The molecular formula is C12H14O. The summed E-state index contributed by atoms with van der Waals surface area (Å²) in [5.41, 5.74) is 3.90. The summed E-state index contributed by atoms with van der Waals surface area (Å²) >= 11 is 0. The normalized spacial score (nSPS) is 13.6. The molecule has 1 heterocycles. The van der Waals surface area contributed by atoms with Gasteiger partial charge in [0.1, 0.15) is 5.75 Å². The maximum atomic E-state index is 5.44. The van der Waals surface area contributed by atoms with Crippen LogP contribution in [0.25, 0.3) is 0 Å². The zero-order chi connectivity index (χ0) is 9.26. The fourth-order valence-corrected chi connectivity index (χ4v) is 1.70. The van der Waals surface area contributed by atoms with Crippen LogP contribution < -0.4 is 4.74 Å². The second-order valence-electron chi connectivity index (χ2n) is 3.67. The van der Waals surface area contributed by atoms with Gasteiger partial charge in [0.25, 0.3) is 0 Å². The largest absolute Gasteiger partial charge is 0.493 e. The molecule has 0 saturated heterocycles. The van der Waals surface area contributed by atoms with Crippen LogP contribution in [0.4, 0.5) is 0 Å². The molecule has 68 valence electrons. The van der Waals surface area contributed by atoms with Crippen molar-refractivity contribution in [2.75, 3.05) is 6.61 Å². The van der Waals surface area contributed by atoms with E-state index < -0.39 is 0 Å². The number of ether oxygens (including phenoxy) is 1. The van der Waals surface area contributed by atoms with Gasteiger partial charge in [-0.05, 0) is 30.5 Å². The highest BCUT2D eigenvalue weighted by molar-refractivity contribution is 5.40. The van der Waals surface area contributed by atoms with Crippen molar-refractivity contribution in [1.82, 2.24) is 0 Å². The topological polar surface area (TPSA) is 9.23 Å². The smallest absolute Gasteiger partial charge is 0.122 e. The lowest BCUT2D eigenvalue weighted by Gasteiger charge is -2.03. The van der Waals surface area contributed by atoms with Gasteiger partial charge >= 0.3 is 0 Å². The van der Waals surface area contributed by atoms with E-state index in [0.29, 0.717) is 0 Å². The predicted octanol–water partition coefficient (Wildman–Crippen LogP) is 2.74. The summed E-state index contributed by atoms with van der Waals surface area (Å²) in [6.07, 6.45) is 2.03. The molecule has 1 aromatic carbocycles. The summed E-state index contributed by atoms with van der Waals surface area (Å²) in [6, 6.07) is 6.43. The molecular weight excluding hydrogens is 160 g/mol. The molecule has 0 bridgehead atoms. The quantitative estimate of drug-likeness (QED) is 0.626. The highest BCUT2D eigenvalue weighted by Gasteiger charge is 2.11. The van der Waals surface area contributed by atoms with E-state index in [1.54, 1.807) is 0 Å². The lowest BCUT2D eigenvalue weighted by Crippen LogP contribution is -1.87. The molecule has 2 rings (SSSR count). The SMILES string of the molecule is C=C(C)Cc1ccc2c(c1)CCO2. The summed E-state index contributed by atoms with van der Waals surface area (Å²) in [7, 11) is 0. The second-order valence-corrected chi connectivity index (χ2v) is 3.67. The summed E-state index contributed by atoms with van der Waals surface area (Å²) in [5.74, 6) is 1.06. The van der Waals surface area contributed by atoms with Crippen LogP contribution >= 0.6 is 0 Å². The van der Waals surface area contributed by atoms with Gasteiger partial charge in [0.05, 0.1) is 6.61 Å². The third-order valence-corrected chi connectivity index (χ3v) is 2.26. The molecule has 1 aliphatic heterocycles. The van der Waals surface area contributed by atoms with Crippen LogP contribution in [-0.4, -0.2) is 6.61 Å². The number of benzene rings is 1. The highest BCUT2D eigenvalue weighted by atomic mass is 16.5. The first kappa shape index (κ1) is 8.36. The van der Waals surface area contributed by atoms with Crippen LogP contribution in [0.15, 0.2) is 30.4 Å². The first-order valence-electron chi connectivity index (χ1n) is 4.65. The number of fused-ring (bicyclic) bond motifs is 1. The predicted molar refractivity (Wildman–Crippen MR) is 54.2 cm³/mol. The van der Waals surface area contributed by atoms with E-state index in [-0.39, 0.29) is 0 Å². The van der Waals surface area contributed by atoms with E-state index in [4.69, 9.17) is 4.74 Å². The van der Waals surface area contributed by atoms with Crippen molar-refractivity contribution in [1.29, 1.82) is 0 Å². The molecule has 13 heavy (non-hydrogen) atoms. The van der Waals surface area contributed by atoms with Crippen LogP contribution in [0.5, 0.6) is 5.75 Å². The molecule has 0 radical (unpaired) electrons. The molecule has 0 aromatic heterocycles. The molecule has 0 atom stereocenters. The number of hydrogen-bond donors (Lipinski definition) is 0. The standard InChI is InChI=1S/C12H14O/c1-9(2)7-10-3-4-12-11(8-10)5-6-13-12/h3-4,8H,1,5-7H2,2H3. The van der Waals surface area contributed by atoms with Crippen LogP contribution in [0, 0.1) is 0 Å². The van der Waals surface area contributed by atoms with Gasteiger partial charge in [0.15, 0.2) is 0 Å². The first-order chi connectivity index (χ1) is 6.25. The van der Waals surface area contributed by atoms with Gasteiger partial charge in [-0.1, -0.05) is 24.3 Å². The van der Waals surface area contributed by atoms with Gasteiger partial charge in [-0.25, -0.2) is 0 Å². The number of rotatable bonds is 2. The molecule has 0 amide bonds. The minimum Gasteiger partial charge on any atom is -0.493 e. The van der Waals surface area contributed by atoms with Crippen molar-refractivity contribution in [2.24, 2.45) is 0 Å². The minimum absolute atomic E-state index is 0.839. The first-order valence-corrected chi connectivity index (χ1v) is 4.65. The molecule has 1 heteroatoms. The molecule has 0 aliphatic carbocycles. The van der Waals surface area contributed by atoms with Crippen molar-refractivity contribution in [2.45, 2.75) is 19.8 Å². The molecule has 1 aromatic rings. The number of allylic oxidation sites excluding steroid dienone is 1. The van der Waals surface area contributed by atoms with Crippen molar-refractivity contribution in [3.05, 3.63) is 41.5 Å². The number of hydrogen-bond acceptors (Lipinski definition) is 1. The van der Waals surface area contributed by atoms with E-state index in [9.17, 15) is 0 Å². The monoisotopic (exact) mass is 174 g/mol. The van der Waals surface area contributed by atoms with E-state index in [1.807, 2.05) is 0 Å². The van der Waals surface area contributed by atoms with E-state index in [1.165, 1.54) is 16.7 Å². The average Bonchev–Trinajstić information content (AvgIpc) is 2.49. The van der Waals surface area contributed by atoms with Gasteiger partial charge in [-0.2, -0.15) is 0 Å². The zero-order valence-electron chi connectivity index (χ0n) is 7.97. The summed E-state index contributed by atoms with van der Waals surface area (Å²) < 4.78 is 5.44. The molecule has 0 saturated carbocycles. The van der Waals surface area contributed by atoms with E-state index >= 15 is 0 Å². The average molecular weight is 174 g/mol. The van der Waals surface area contributed by atoms with Gasteiger partial charge < -0.3 is 4.74 Å². The molecule has 0 fully saturated rings. The lowest BCUT2D eigenvalue weighted by atomic mass is 10.0. The Balaban J connectivity index is 2.25. The zero-order valence-corrected chi connectivity index (χ0v) is 7.97. The Labute approximate surface area is 79.0 Å². The van der Waals surface area contributed by atoms with Crippen molar-refractivity contribution < 1.29 is 4.74 Å². The highest BCUT2D eigenvalue weighted by Crippen LogP contribution is 2.26. The Kier molecular flexibility index (Phi) is 2.09. The van der Waals surface area contributed by atoms with Gasteiger partial charge in [0.2, 0.25) is 0 Å². The van der Waals surface area contributed by atoms with E-state index in [0.717, 1.165) is 25.2 Å². The fourth-order valence-electron chi connectivity index (χ4n) is 1.70. The van der Waals surface area contributed by atoms with Crippen molar-refractivity contribution in [3.8, 4) is 5.75 Å². The van der Waals surface area contributed by atoms with E-state index in [2.05, 4.69) is 31.7 Å². The molecule has 1 nitrogen and oxygen atoms in total. The third-order valence-electron chi connectivity index (χ3n) is 2.26. The fraction of sp³-hybridized carbons (Fsp3) is 0.333. The van der Waals surface area contributed by atoms with Crippen molar-refractivity contribution in [3.63, 3.8) is 0 Å². The molecule has 1 aliphatic rings. The Bertz CT molecular complexity index is 339. The van der Waals surface area contributed by atoms with Crippen molar-refractivity contribution >= 4 is 0 Å². The Morgan fingerprint density at radius 2 is 2.38 bits per heavy atom. The van der Waals surface area contributed by atoms with Crippen LogP contribution in [-0.2, 0) is 12.8 Å². The molecule has 0 spiro atoms. The van der Waals surface area contributed by atoms with Gasteiger partial charge in [-0.15, -0.1) is 0 Å². The Morgan fingerprint density at radius 3 is 3.15 bits per heavy atom. The summed E-state index contributed by atoms with van der Waals surface area (Å²) in [5, 5.41) is 0. The maximum Gasteiger partial charge on any atom is 0.122 e. The second kappa shape index (κ2) is 3.25.